The van der Waals surface area contributed by atoms with Crippen molar-refractivity contribution in [3.63, 3.8) is 0 Å². The zero-order chi connectivity index (χ0) is 25.7. The monoisotopic (exact) mass is 530 g/mol. The van der Waals surface area contributed by atoms with Crippen molar-refractivity contribution in [3.8, 4) is 0 Å². The van der Waals surface area contributed by atoms with E-state index in [1.54, 1.807) is 6.33 Å². The van der Waals surface area contributed by atoms with Gasteiger partial charge in [0.1, 0.15) is 11.8 Å². The molecule has 0 aliphatic carbocycles. The average Bonchev–Trinajstić information content (AvgIpc) is 3.40. The highest BCUT2D eigenvalue weighted by Gasteiger charge is 2.34. The van der Waals surface area contributed by atoms with Gasteiger partial charge in [-0.1, -0.05) is 121 Å². The van der Waals surface area contributed by atoms with Gasteiger partial charge in [-0.15, -0.1) is 0 Å². The standard InChI is InChI=1S/C32H28N4P2/c1-25-31-32(34-23-33-25)36(24-35-31)22-30(37(26-14-6-2-7-15-26)27-16-8-3-9-17-27)38(28-18-10-4-11-19-28)29-20-12-5-13-21-29/h2-21,23-24,30H,22H2,1H3. The third kappa shape index (κ3) is 5.03. The van der Waals surface area contributed by atoms with Crippen LogP contribution in [0, 0.1) is 6.92 Å². The molecule has 0 radical (unpaired) electrons. The van der Waals surface area contributed by atoms with E-state index in [-0.39, 0.29) is 0 Å². The highest BCUT2D eigenvalue weighted by atomic mass is 31.2. The van der Waals surface area contributed by atoms with Gasteiger partial charge in [-0.2, -0.15) is 0 Å². The van der Waals surface area contributed by atoms with Gasteiger partial charge in [0.2, 0.25) is 0 Å². The Morgan fingerprint density at radius 3 is 1.42 bits per heavy atom. The summed E-state index contributed by atoms with van der Waals surface area (Å²) >= 11 is 0. The molecule has 6 rings (SSSR count). The van der Waals surface area contributed by atoms with E-state index in [9.17, 15) is 0 Å². The Kier molecular flexibility index (Phi) is 7.36. The van der Waals surface area contributed by atoms with Gasteiger partial charge in [0.15, 0.2) is 5.65 Å². The lowest BCUT2D eigenvalue weighted by Gasteiger charge is -2.36. The molecule has 2 heterocycles. The highest BCUT2D eigenvalue weighted by Crippen LogP contribution is 2.57. The molecule has 0 aliphatic rings. The minimum absolute atomic E-state index is 0.294. The van der Waals surface area contributed by atoms with Crippen LogP contribution in [0.15, 0.2) is 134 Å². The fraction of sp³-hybridized carbons (Fsp3) is 0.0938. The maximum atomic E-state index is 4.73. The van der Waals surface area contributed by atoms with Gasteiger partial charge in [-0.25, -0.2) is 15.0 Å². The molecule has 0 saturated carbocycles. The van der Waals surface area contributed by atoms with Crippen LogP contribution in [0.3, 0.4) is 0 Å². The van der Waals surface area contributed by atoms with Crippen LogP contribution >= 0.6 is 15.8 Å². The molecule has 4 nitrogen and oxygen atoms in total. The summed E-state index contributed by atoms with van der Waals surface area (Å²) in [6, 6.07) is 44.2. The van der Waals surface area contributed by atoms with Crippen LogP contribution in [-0.2, 0) is 6.54 Å². The average molecular weight is 531 g/mol. The second-order valence-electron chi connectivity index (χ2n) is 9.09. The number of benzene rings is 4. The molecule has 0 saturated heterocycles. The summed E-state index contributed by atoms with van der Waals surface area (Å²) in [4.78, 5) is 13.8. The van der Waals surface area contributed by atoms with Gasteiger partial charge in [-0.3, -0.25) is 0 Å². The van der Waals surface area contributed by atoms with Crippen LogP contribution in [0.4, 0.5) is 0 Å². The van der Waals surface area contributed by atoms with Crippen LogP contribution in [0.25, 0.3) is 11.2 Å². The van der Waals surface area contributed by atoms with Gasteiger partial charge in [-0.05, 0) is 44.0 Å². The van der Waals surface area contributed by atoms with Crippen molar-refractivity contribution in [1.29, 1.82) is 0 Å². The minimum atomic E-state index is -0.732. The topological polar surface area (TPSA) is 43.6 Å². The Labute approximate surface area is 226 Å². The van der Waals surface area contributed by atoms with E-state index >= 15 is 0 Å². The van der Waals surface area contributed by atoms with E-state index in [2.05, 4.69) is 136 Å². The summed E-state index contributed by atoms with van der Waals surface area (Å²) < 4.78 is 2.25. The number of aryl methyl sites for hydroxylation is 1. The highest BCUT2D eigenvalue weighted by molar-refractivity contribution is 7.89. The van der Waals surface area contributed by atoms with E-state index in [1.165, 1.54) is 21.2 Å². The molecule has 0 fully saturated rings. The van der Waals surface area contributed by atoms with Crippen molar-refractivity contribution < 1.29 is 0 Å². The molecule has 0 atom stereocenters. The molecule has 0 N–H and O–H groups in total. The van der Waals surface area contributed by atoms with Crippen LogP contribution in [0.1, 0.15) is 5.69 Å². The number of fused-ring (bicyclic) bond motifs is 1. The van der Waals surface area contributed by atoms with E-state index < -0.39 is 15.8 Å². The largest absolute Gasteiger partial charge is 0.314 e. The smallest absolute Gasteiger partial charge is 0.163 e. The molecule has 2 aromatic heterocycles. The maximum absolute atomic E-state index is 4.73. The number of hydrogen-bond donors (Lipinski definition) is 0. The van der Waals surface area contributed by atoms with Crippen molar-refractivity contribution in [3.05, 3.63) is 140 Å². The molecule has 0 spiro atoms. The lowest BCUT2D eigenvalue weighted by molar-refractivity contribution is 0.760. The van der Waals surface area contributed by atoms with Crippen molar-refractivity contribution >= 4 is 48.2 Å². The normalized spacial score (nSPS) is 11.6. The van der Waals surface area contributed by atoms with E-state index in [1.807, 2.05) is 13.3 Å². The lowest BCUT2D eigenvalue weighted by atomic mass is 10.4. The number of nitrogens with zero attached hydrogens (tertiary/aromatic N) is 4. The predicted molar refractivity (Wildman–Crippen MR) is 162 cm³/mol. The molecule has 4 aromatic carbocycles. The van der Waals surface area contributed by atoms with Crippen LogP contribution in [0.5, 0.6) is 0 Å². The summed E-state index contributed by atoms with van der Waals surface area (Å²) in [5.41, 5.74) is 2.68. The molecule has 38 heavy (non-hydrogen) atoms. The fourth-order valence-corrected chi connectivity index (χ4v) is 12.1. The summed E-state index contributed by atoms with van der Waals surface area (Å²) in [5.74, 6) is 0. The molecule has 0 bridgehead atoms. The van der Waals surface area contributed by atoms with Gasteiger partial charge in [0.25, 0.3) is 0 Å². The Morgan fingerprint density at radius 1 is 0.579 bits per heavy atom. The van der Waals surface area contributed by atoms with Crippen molar-refractivity contribution in [1.82, 2.24) is 19.5 Å². The number of aromatic nitrogens is 4. The Bertz CT molecular complexity index is 1450. The summed E-state index contributed by atoms with van der Waals surface area (Å²) in [7, 11) is -1.46. The zero-order valence-corrected chi connectivity index (χ0v) is 23.0. The van der Waals surface area contributed by atoms with Crippen LogP contribution in [-0.4, -0.2) is 24.9 Å². The Hall–Kier alpha value is -3.71. The van der Waals surface area contributed by atoms with Crippen molar-refractivity contribution in [2.45, 2.75) is 18.9 Å². The first-order valence-corrected chi connectivity index (χ1v) is 15.5. The van der Waals surface area contributed by atoms with Crippen LogP contribution < -0.4 is 21.2 Å². The van der Waals surface area contributed by atoms with E-state index in [4.69, 9.17) is 4.98 Å². The van der Waals surface area contributed by atoms with Gasteiger partial charge >= 0.3 is 0 Å². The summed E-state index contributed by atoms with van der Waals surface area (Å²) in [5, 5.41) is 5.82. The Morgan fingerprint density at radius 2 is 1.00 bits per heavy atom. The van der Waals surface area contributed by atoms with E-state index in [0.717, 1.165) is 23.4 Å². The second kappa shape index (κ2) is 11.4. The lowest BCUT2D eigenvalue weighted by Crippen LogP contribution is -2.30. The maximum Gasteiger partial charge on any atom is 0.163 e. The summed E-state index contributed by atoms with van der Waals surface area (Å²) in [6.07, 6.45) is 3.60. The molecule has 6 heteroatoms. The van der Waals surface area contributed by atoms with Gasteiger partial charge in [0.05, 0.1) is 12.0 Å². The molecule has 6 aromatic rings. The first-order chi connectivity index (χ1) is 18.8. The van der Waals surface area contributed by atoms with Crippen LogP contribution in [0.2, 0.25) is 0 Å². The molecule has 0 unspecified atom stereocenters. The summed E-state index contributed by atoms with van der Waals surface area (Å²) in [6.45, 7) is 2.80. The second-order valence-corrected chi connectivity index (χ2v) is 14.3. The molecular weight excluding hydrogens is 502 g/mol. The first-order valence-electron chi connectivity index (χ1n) is 12.7. The van der Waals surface area contributed by atoms with Crippen molar-refractivity contribution in [2.75, 3.05) is 0 Å². The van der Waals surface area contributed by atoms with Gasteiger partial charge in [0, 0.05) is 11.9 Å². The molecule has 0 amide bonds. The van der Waals surface area contributed by atoms with Gasteiger partial charge < -0.3 is 4.57 Å². The van der Waals surface area contributed by atoms with Crippen molar-refractivity contribution in [2.24, 2.45) is 0 Å². The number of rotatable bonds is 8. The quantitative estimate of drug-likeness (QED) is 0.236. The fourth-order valence-electron chi connectivity index (χ4n) is 4.93. The molecular formula is C32H28N4P2. The molecule has 186 valence electrons. The first kappa shape index (κ1) is 24.6. The Balaban J connectivity index is 1.59. The third-order valence-corrected chi connectivity index (χ3v) is 13.0. The zero-order valence-electron chi connectivity index (χ0n) is 21.2. The minimum Gasteiger partial charge on any atom is -0.314 e. The number of hydrogen-bond acceptors (Lipinski definition) is 3. The van der Waals surface area contributed by atoms with E-state index in [0.29, 0.717) is 5.40 Å². The predicted octanol–water partition coefficient (Wildman–Crippen LogP) is 5.73. The molecule has 0 aliphatic heterocycles. The SMILES string of the molecule is Cc1ncnc2c1ncn2CC(P(c1ccccc1)c1ccccc1)P(c1ccccc1)c1ccccc1. The number of imidazole rings is 1. The third-order valence-electron chi connectivity index (χ3n) is 6.68.